The molecule has 3 N–H and O–H groups in total. The molecule has 0 radical (unpaired) electrons. The van der Waals surface area contributed by atoms with Gasteiger partial charge in [0.2, 0.25) is 10.0 Å². The normalized spacial score (nSPS) is 12.5. The van der Waals surface area contributed by atoms with Gasteiger partial charge in [0.25, 0.3) is 0 Å². The minimum Gasteiger partial charge on any atom is -0.326 e. The summed E-state index contributed by atoms with van der Waals surface area (Å²) in [7, 11) is -1.34. The van der Waals surface area contributed by atoms with E-state index in [9.17, 15) is 8.42 Å². The Balaban J connectivity index is 2.43. The van der Waals surface area contributed by atoms with Crippen molar-refractivity contribution >= 4 is 21.4 Å². The van der Waals surface area contributed by atoms with E-state index in [2.05, 4.69) is 23.5 Å². The number of thiophene rings is 1. The van der Waals surface area contributed by atoms with Gasteiger partial charge >= 0.3 is 0 Å². The summed E-state index contributed by atoms with van der Waals surface area (Å²) in [4.78, 5) is 2.19. The molecule has 0 bridgehead atoms. The van der Waals surface area contributed by atoms with Gasteiger partial charge in [-0.15, -0.1) is 11.3 Å². The zero-order chi connectivity index (χ0) is 14.5. The molecular formula is C12H23N3O2S2. The first-order chi connectivity index (χ1) is 8.86. The largest absolute Gasteiger partial charge is 0.326 e. The number of hydrogen-bond acceptors (Lipinski definition) is 5. The van der Waals surface area contributed by atoms with Crippen LogP contribution in [-0.2, 0) is 16.6 Å². The Morgan fingerprint density at radius 1 is 1.47 bits per heavy atom. The highest BCUT2D eigenvalue weighted by Crippen LogP contribution is 2.19. The summed E-state index contributed by atoms with van der Waals surface area (Å²) in [6.07, 6.45) is 0.795. The van der Waals surface area contributed by atoms with E-state index in [1.165, 1.54) is 11.3 Å². The van der Waals surface area contributed by atoms with Gasteiger partial charge in [-0.1, -0.05) is 0 Å². The Morgan fingerprint density at radius 2 is 2.16 bits per heavy atom. The Bertz CT molecular complexity index is 483. The van der Waals surface area contributed by atoms with Crippen molar-refractivity contribution in [3.63, 3.8) is 0 Å². The van der Waals surface area contributed by atoms with E-state index in [1.807, 2.05) is 7.05 Å². The van der Waals surface area contributed by atoms with Gasteiger partial charge in [0, 0.05) is 19.1 Å². The van der Waals surface area contributed by atoms with E-state index in [-0.39, 0.29) is 0 Å². The van der Waals surface area contributed by atoms with Gasteiger partial charge in [-0.05, 0) is 50.9 Å². The number of hydrogen-bond donors (Lipinski definition) is 2. The van der Waals surface area contributed by atoms with Crippen LogP contribution in [0.5, 0.6) is 0 Å². The third-order valence-electron chi connectivity index (χ3n) is 2.99. The lowest BCUT2D eigenvalue weighted by atomic mass is 10.3. The molecule has 0 aliphatic rings. The molecule has 19 heavy (non-hydrogen) atoms. The highest BCUT2D eigenvalue weighted by molar-refractivity contribution is 7.91. The fourth-order valence-corrected chi connectivity index (χ4v) is 3.81. The third-order valence-corrected chi connectivity index (χ3v) is 5.94. The number of rotatable bonds is 8. The SMILES string of the molecule is CC(C)N(C)CCCNS(=O)(=O)c1cc(CN)cs1. The molecule has 0 saturated carbocycles. The highest BCUT2D eigenvalue weighted by Gasteiger charge is 2.15. The van der Waals surface area contributed by atoms with Crippen LogP contribution in [0.25, 0.3) is 0 Å². The molecular weight excluding hydrogens is 282 g/mol. The second-order valence-electron chi connectivity index (χ2n) is 4.80. The van der Waals surface area contributed by atoms with Crippen molar-refractivity contribution in [2.45, 2.75) is 37.1 Å². The summed E-state index contributed by atoms with van der Waals surface area (Å²) in [6, 6.07) is 2.11. The van der Waals surface area contributed by atoms with Gasteiger partial charge in [0.1, 0.15) is 4.21 Å². The Morgan fingerprint density at radius 3 is 2.68 bits per heavy atom. The summed E-state index contributed by atoms with van der Waals surface area (Å²) < 4.78 is 26.9. The molecule has 1 aromatic heterocycles. The minimum atomic E-state index is -3.37. The van der Waals surface area contributed by atoms with E-state index < -0.39 is 10.0 Å². The maximum absolute atomic E-state index is 12.0. The first kappa shape index (κ1) is 16.6. The van der Waals surface area contributed by atoms with Crippen molar-refractivity contribution < 1.29 is 8.42 Å². The fraction of sp³-hybridized carbons (Fsp3) is 0.667. The van der Waals surface area contributed by atoms with E-state index in [4.69, 9.17) is 5.73 Å². The van der Waals surface area contributed by atoms with Crippen LogP contribution in [0.3, 0.4) is 0 Å². The maximum atomic E-state index is 12.0. The molecule has 5 nitrogen and oxygen atoms in total. The first-order valence-electron chi connectivity index (χ1n) is 6.34. The average Bonchev–Trinajstić information content (AvgIpc) is 2.83. The second-order valence-corrected chi connectivity index (χ2v) is 7.71. The lowest BCUT2D eigenvalue weighted by Crippen LogP contribution is -2.31. The zero-order valence-electron chi connectivity index (χ0n) is 11.7. The van der Waals surface area contributed by atoms with Gasteiger partial charge in [-0.2, -0.15) is 0 Å². The predicted molar refractivity (Wildman–Crippen MR) is 79.8 cm³/mol. The summed E-state index contributed by atoms with van der Waals surface area (Å²) in [5.41, 5.74) is 6.33. The third kappa shape index (κ3) is 5.19. The number of nitrogens with two attached hydrogens (primary N) is 1. The monoisotopic (exact) mass is 305 g/mol. The summed E-state index contributed by atoms with van der Waals surface area (Å²) in [5.74, 6) is 0. The van der Waals surface area contributed by atoms with Crippen molar-refractivity contribution in [2.75, 3.05) is 20.1 Å². The van der Waals surface area contributed by atoms with Crippen molar-refractivity contribution in [1.82, 2.24) is 9.62 Å². The van der Waals surface area contributed by atoms with Crippen LogP contribution in [0.2, 0.25) is 0 Å². The van der Waals surface area contributed by atoms with E-state index in [0.717, 1.165) is 18.5 Å². The van der Waals surface area contributed by atoms with Crippen LogP contribution in [0.1, 0.15) is 25.8 Å². The molecule has 0 unspecified atom stereocenters. The molecule has 0 aromatic carbocycles. The van der Waals surface area contributed by atoms with E-state index in [1.54, 1.807) is 11.4 Å². The minimum absolute atomic E-state index is 0.338. The maximum Gasteiger partial charge on any atom is 0.250 e. The van der Waals surface area contributed by atoms with Gasteiger partial charge in [-0.25, -0.2) is 13.1 Å². The summed E-state index contributed by atoms with van der Waals surface area (Å²) in [5, 5.41) is 1.78. The van der Waals surface area contributed by atoms with Crippen molar-refractivity contribution in [3.8, 4) is 0 Å². The molecule has 7 heteroatoms. The molecule has 1 aromatic rings. The lowest BCUT2D eigenvalue weighted by molar-refractivity contribution is 0.271. The second kappa shape index (κ2) is 7.35. The smallest absolute Gasteiger partial charge is 0.250 e. The van der Waals surface area contributed by atoms with Crippen LogP contribution < -0.4 is 10.5 Å². The molecule has 110 valence electrons. The van der Waals surface area contributed by atoms with Crippen LogP contribution in [0.4, 0.5) is 0 Å². The number of nitrogens with zero attached hydrogens (tertiary/aromatic N) is 1. The van der Waals surface area contributed by atoms with Gasteiger partial charge < -0.3 is 10.6 Å². The van der Waals surface area contributed by atoms with Crippen LogP contribution >= 0.6 is 11.3 Å². The standard InChI is InChI=1S/C12H23N3O2S2/c1-10(2)15(3)6-4-5-14-19(16,17)12-7-11(8-13)9-18-12/h7,9-10,14H,4-6,8,13H2,1-3H3. The fourth-order valence-electron chi connectivity index (χ4n) is 1.47. The van der Waals surface area contributed by atoms with Gasteiger partial charge in [0.05, 0.1) is 0 Å². The Labute approximate surface area is 119 Å². The van der Waals surface area contributed by atoms with Crippen molar-refractivity contribution in [2.24, 2.45) is 5.73 Å². The topological polar surface area (TPSA) is 75.4 Å². The van der Waals surface area contributed by atoms with Gasteiger partial charge in [0.15, 0.2) is 0 Å². The summed E-state index contributed by atoms with van der Waals surface area (Å²) in [6.45, 7) is 5.92. The highest BCUT2D eigenvalue weighted by atomic mass is 32.2. The number of sulfonamides is 1. The predicted octanol–water partition coefficient (Wildman–Crippen LogP) is 1.22. The van der Waals surface area contributed by atoms with Crippen LogP contribution in [0, 0.1) is 0 Å². The zero-order valence-corrected chi connectivity index (χ0v) is 13.4. The van der Waals surface area contributed by atoms with E-state index in [0.29, 0.717) is 23.3 Å². The number of nitrogens with one attached hydrogen (secondary N) is 1. The molecule has 0 aliphatic carbocycles. The summed E-state index contributed by atoms with van der Waals surface area (Å²) >= 11 is 1.21. The molecule has 0 saturated heterocycles. The molecule has 0 amide bonds. The lowest BCUT2D eigenvalue weighted by Gasteiger charge is -2.20. The van der Waals surface area contributed by atoms with E-state index >= 15 is 0 Å². The molecule has 0 atom stereocenters. The molecule has 1 rings (SSSR count). The average molecular weight is 305 g/mol. The van der Waals surface area contributed by atoms with Crippen LogP contribution in [0.15, 0.2) is 15.7 Å². The Hall–Kier alpha value is -0.470. The van der Waals surface area contributed by atoms with Crippen molar-refractivity contribution in [1.29, 1.82) is 0 Å². The van der Waals surface area contributed by atoms with Crippen LogP contribution in [-0.4, -0.2) is 39.5 Å². The molecule has 0 aliphatic heterocycles. The van der Waals surface area contributed by atoms with Crippen molar-refractivity contribution in [3.05, 3.63) is 17.0 Å². The van der Waals surface area contributed by atoms with Gasteiger partial charge in [-0.3, -0.25) is 0 Å². The molecule has 1 heterocycles. The molecule has 0 fully saturated rings. The first-order valence-corrected chi connectivity index (χ1v) is 8.70. The quantitative estimate of drug-likeness (QED) is 0.708. The molecule has 0 spiro atoms. The Kier molecular flexibility index (Phi) is 6.41.